The topological polar surface area (TPSA) is 33.3 Å². The number of rotatable bonds is 4. The van der Waals surface area contributed by atoms with Crippen molar-refractivity contribution < 1.29 is 4.74 Å². The highest BCUT2D eigenvalue weighted by atomic mass is 32.1. The first-order valence-corrected chi connectivity index (χ1v) is 7.32. The van der Waals surface area contributed by atoms with Crippen molar-refractivity contribution in [3.63, 3.8) is 0 Å². The SMILES string of the molecule is COc1ccccc1NC(=S)Nc1cccc(C(C)C)c1. The van der Waals surface area contributed by atoms with Crippen molar-refractivity contribution in [2.24, 2.45) is 0 Å². The lowest BCUT2D eigenvalue weighted by atomic mass is 10.0. The van der Waals surface area contributed by atoms with Gasteiger partial charge in [-0.25, -0.2) is 0 Å². The molecule has 0 saturated carbocycles. The number of hydrogen-bond acceptors (Lipinski definition) is 2. The Morgan fingerprint density at radius 2 is 1.81 bits per heavy atom. The number of benzene rings is 2. The first-order chi connectivity index (χ1) is 10.1. The Bertz CT molecular complexity index is 626. The summed E-state index contributed by atoms with van der Waals surface area (Å²) >= 11 is 5.36. The monoisotopic (exact) mass is 300 g/mol. The van der Waals surface area contributed by atoms with Crippen LogP contribution in [0, 0.1) is 0 Å². The maximum atomic E-state index is 5.36. The summed E-state index contributed by atoms with van der Waals surface area (Å²) in [6.45, 7) is 4.34. The summed E-state index contributed by atoms with van der Waals surface area (Å²) in [5.41, 5.74) is 3.10. The molecule has 0 heterocycles. The van der Waals surface area contributed by atoms with E-state index in [2.05, 4.69) is 36.6 Å². The zero-order valence-electron chi connectivity index (χ0n) is 12.5. The van der Waals surface area contributed by atoms with Crippen LogP contribution in [0.1, 0.15) is 25.3 Å². The van der Waals surface area contributed by atoms with Gasteiger partial charge in [-0.05, 0) is 48.0 Å². The van der Waals surface area contributed by atoms with E-state index in [1.165, 1.54) is 5.56 Å². The Labute approximate surface area is 131 Å². The van der Waals surface area contributed by atoms with Gasteiger partial charge in [0.2, 0.25) is 0 Å². The van der Waals surface area contributed by atoms with Gasteiger partial charge >= 0.3 is 0 Å². The molecule has 0 radical (unpaired) electrons. The predicted octanol–water partition coefficient (Wildman–Crippen LogP) is 4.63. The third-order valence-corrected chi connectivity index (χ3v) is 3.37. The van der Waals surface area contributed by atoms with Crippen molar-refractivity contribution in [3.8, 4) is 5.75 Å². The van der Waals surface area contributed by atoms with E-state index in [1.807, 2.05) is 36.4 Å². The fourth-order valence-electron chi connectivity index (χ4n) is 2.01. The van der Waals surface area contributed by atoms with Crippen LogP contribution in [-0.2, 0) is 0 Å². The quantitative estimate of drug-likeness (QED) is 0.807. The Morgan fingerprint density at radius 1 is 1.05 bits per heavy atom. The smallest absolute Gasteiger partial charge is 0.175 e. The standard InChI is InChI=1S/C17H20N2OS/c1-12(2)13-7-6-8-14(11-13)18-17(21)19-15-9-4-5-10-16(15)20-3/h4-12H,1-3H3,(H2,18,19,21). The van der Waals surface area contributed by atoms with Crippen LogP contribution in [0.4, 0.5) is 11.4 Å². The zero-order valence-corrected chi connectivity index (χ0v) is 13.3. The van der Waals surface area contributed by atoms with E-state index in [0.717, 1.165) is 17.1 Å². The van der Waals surface area contributed by atoms with E-state index in [-0.39, 0.29) is 0 Å². The summed E-state index contributed by atoms with van der Waals surface area (Å²) in [5, 5.41) is 6.90. The highest BCUT2D eigenvalue weighted by Crippen LogP contribution is 2.23. The second kappa shape index (κ2) is 7.09. The fourth-order valence-corrected chi connectivity index (χ4v) is 2.24. The van der Waals surface area contributed by atoms with Crippen molar-refractivity contribution in [2.75, 3.05) is 17.7 Å². The molecule has 0 aliphatic carbocycles. The van der Waals surface area contributed by atoms with Crippen LogP contribution in [0.3, 0.4) is 0 Å². The molecule has 2 N–H and O–H groups in total. The van der Waals surface area contributed by atoms with Gasteiger partial charge in [0.1, 0.15) is 5.75 Å². The molecule has 2 aromatic rings. The predicted molar refractivity (Wildman–Crippen MR) is 93.4 cm³/mol. The lowest BCUT2D eigenvalue weighted by molar-refractivity contribution is 0.417. The van der Waals surface area contributed by atoms with Gasteiger partial charge in [-0.15, -0.1) is 0 Å². The summed E-state index contributed by atoms with van der Waals surface area (Å²) in [5.74, 6) is 1.25. The molecule has 0 amide bonds. The first-order valence-electron chi connectivity index (χ1n) is 6.91. The molecule has 21 heavy (non-hydrogen) atoms. The average Bonchev–Trinajstić information content (AvgIpc) is 2.48. The summed E-state index contributed by atoms with van der Waals surface area (Å²) in [7, 11) is 1.64. The summed E-state index contributed by atoms with van der Waals surface area (Å²) in [6, 6.07) is 15.9. The normalized spacial score (nSPS) is 10.3. The van der Waals surface area contributed by atoms with Crippen molar-refractivity contribution in [1.29, 1.82) is 0 Å². The third-order valence-electron chi connectivity index (χ3n) is 3.17. The molecule has 0 spiro atoms. The Hall–Kier alpha value is -2.07. The van der Waals surface area contributed by atoms with Crippen LogP contribution >= 0.6 is 12.2 Å². The highest BCUT2D eigenvalue weighted by Gasteiger charge is 2.05. The van der Waals surface area contributed by atoms with Gasteiger partial charge < -0.3 is 15.4 Å². The summed E-state index contributed by atoms with van der Waals surface area (Å²) < 4.78 is 5.30. The molecular formula is C17H20N2OS. The highest BCUT2D eigenvalue weighted by molar-refractivity contribution is 7.80. The van der Waals surface area contributed by atoms with E-state index in [9.17, 15) is 0 Å². The number of methoxy groups -OCH3 is 1. The molecule has 4 heteroatoms. The zero-order chi connectivity index (χ0) is 15.2. The van der Waals surface area contributed by atoms with Crippen LogP contribution < -0.4 is 15.4 Å². The number of thiocarbonyl (C=S) groups is 1. The number of nitrogens with one attached hydrogen (secondary N) is 2. The summed E-state index contributed by atoms with van der Waals surface area (Å²) in [6.07, 6.45) is 0. The van der Waals surface area contributed by atoms with Gasteiger partial charge in [-0.1, -0.05) is 38.1 Å². The second-order valence-corrected chi connectivity index (χ2v) is 5.47. The molecule has 2 rings (SSSR count). The van der Waals surface area contributed by atoms with Crippen LogP contribution in [-0.4, -0.2) is 12.2 Å². The fraction of sp³-hybridized carbons (Fsp3) is 0.235. The number of anilines is 2. The van der Waals surface area contributed by atoms with Gasteiger partial charge in [0.15, 0.2) is 5.11 Å². The van der Waals surface area contributed by atoms with Crippen LogP contribution in [0.2, 0.25) is 0 Å². The van der Waals surface area contributed by atoms with E-state index >= 15 is 0 Å². The molecule has 110 valence electrons. The third kappa shape index (κ3) is 4.20. The van der Waals surface area contributed by atoms with Crippen LogP contribution in [0.15, 0.2) is 48.5 Å². The number of para-hydroxylation sites is 2. The maximum Gasteiger partial charge on any atom is 0.175 e. The molecule has 0 aliphatic rings. The molecule has 0 unspecified atom stereocenters. The Balaban J connectivity index is 2.06. The molecule has 0 bridgehead atoms. The van der Waals surface area contributed by atoms with Gasteiger partial charge in [0.25, 0.3) is 0 Å². The average molecular weight is 300 g/mol. The van der Waals surface area contributed by atoms with E-state index in [4.69, 9.17) is 17.0 Å². The molecule has 0 aromatic heterocycles. The van der Waals surface area contributed by atoms with Gasteiger partial charge in [0.05, 0.1) is 12.8 Å². The molecular weight excluding hydrogens is 280 g/mol. The minimum Gasteiger partial charge on any atom is -0.495 e. The first kappa shape index (κ1) is 15.3. The Kier molecular flexibility index (Phi) is 5.17. The summed E-state index contributed by atoms with van der Waals surface area (Å²) in [4.78, 5) is 0. The largest absolute Gasteiger partial charge is 0.495 e. The van der Waals surface area contributed by atoms with Crippen molar-refractivity contribution in [3.05, 3.63) is 54.1 Å². The van der Waals surface area contributed by atoms with Gasteiger partial charge in [-0.2, -0.15) is 0 Å². The molecule has 0 atom stereocenters. The van der Waals surface area contributed by atoms with Gasteiger partial charge in [-0.3, -0.25) is 0 Å². The van der Waals surface area contributed by atoms with Crippen LogP contribution in [0.5, 0.6) is 5.75 Å². The van der Waals surface area contributed by atoms with Crippen LogP contribution in [0.25, 0.3) is 0 Å². The van der Waals surface area contributed by atoms with E-state index in [1.54, 1.807) is 7.11 Å². The molecule has 0 fully saturated rings. The molecule has 0 aliphatic heterocycles. The van der Waals surface area contributed by atoms with Crippen molar-refractivity contribution >= 4 is 28.7 Å². The van der Waals surface area contributed by atoms with Crippen molar-refractivity contribution in [1.82, 2.24) is 0 Å². The lowest BCUT2D eigenvalue weighted by Crippen LogP contribution is -2.19. The van der Waals surface area contributed by atoms with Gasteiger partial charge in [0, 0.05) is 5.69 Å². The maximum absolute atomic E-state index is 5.36. The molecule has 2 aromatic carbocycles. The molecule has 0 saturated heterocycles. The Morgan fingerprint density at radius 3 is 2.52 bits per heavy atom. The van der Waals surface area contributed by atoms with Crippen molar-refractivity contribution in [2.45, 2.75) is 19.8 Å². The molecule has 3 nitrogen and oxygen atoms in total. The number of hydrogen-bond donors (Lipinski definition) is 2. The number of ether oxygens (including phenoxy) is 1. The second-order valence-electron chi connectivity index (χ2n) is 5.06. The minimum atomic E-state index is 0.488. The van der Waals surface area contributed by atoms with E-state index < -0.39 is 0 Å². The minimum absolute atomic E-state index is 0.488. The lowest BCUT2D eigenvalue weighted by Gasteiger charge is -2.14. The van der Waals surface area contributed by atoms with E-state index in [0.29, 0.717) is 11.0 Å².